The fraction of sp³-hybridized carbons (Fsp3) is 0.667. The van der Waals surface area contributed by atoms with Gasteiger partial charge in [-0.15, -0.1) is 5.54 Å². The van der Waals surface area contributed by atoms with Crippen molar-refractivity contribution in [2.24, 2.45) is 0 Å². The van der Waals surface area contributed by atoms with Gasteiger partial charge < -0.3 is 0 Å². The molecule has 0 amide bonds. The number of hydrogen-bond acceptors (Lipinski definition) is 2. The first-order chi connectivity index (χ1) is 7.27. The molecule has 0 rings (SSSR count). The zero-order valence-corrected chi connectivity index (χ0v) is 12.4. The van der Waals surface area contributed by atoms with Gasteiger partial charge in [-0.05, 0) is 6.42 Å². The lowest BCUT2D eigenvalue weighted by molar-refractivity contribution is 0.609. The van der Waals surface area contributed by atoms with Gasteiger partial charge in [0.25, 0.3) is 0 Å². The number of rotatable bonds is 3. The highest BCUT2D eigenvalue weighted by Crippen LogP contribution is 1.97. The van der Waals surface area contributed by atoms with Gasteiger partial charge in [0.05, 0.1) is 0 Å². The monoisotopic (exact) mass is 256 g/mol. The molecule has 90 valence electrons. The van der Waals surface area contributed by atoms with Crippen molar-refractivity contribution in [1.29, 1.82) is 0 Å². The van der Waals surface area contributed by atoms with E-state index in [1.54, 1.807) is 0 Å². The van der Waals surface area contributed by atoms with Crippen LogP contribution < -0.4 is 0 Å². The van der Waals surface area contributed by atoms with Crippen LogP contribution in [0, 0.1) is 22.6 Å². The molecule has 0 aromatic rings. The van der Waals surface area contributed by atoms with Gasteiger partial charge in [0.1, 0.15) is 13.8 Å². The molecule has 0 heterocycles. The van der Waals surface area contributed by atoms with Crippen molar-refractivity contribution in [2.45, 2.75) is 45.8 Å². The molecule has 0 aliphatic heterocycles. The Labute approximate surface area is 101 Å². The normalized spacial score (nSPS) is 11.0. The Morgan fingerprint density at radius 1 is 1.12 bits per heavy atom. The van der Waals surface area contributed by atoms with Gasteiger partial charge in [-0.1, -0.05) is 44.8 Å². The molecule has 0 aliphatic carbocycles. The van der Waals surface area contributed by atoms with Crippen LogP contribution in [0.3, 0.4) is 0 Å². The number of sulfone groups is 1. The molecule has 0 aromatic carbocycles. The Hall–Kier alpha value is -0.713. The lowest BCUT2D eigenvalue weighted by Crippen LogP contribution is -2.17. The molecular formula is C12H20O2SSi. The largest absolute Gasteiger partial charge is 0.227 e. The van der Waals surface area contributed by atoms with Gasteiger partial charge in [0, 0.05) is 11.7 Å². The second-order valence-corrected chi connectivity index (χ2v) is 11.2. The molecule has 0 N–H and O–H groups in total. The third-order valence-electron chi connectivity index (χ3n) is 1.61. The summed E-state index contributed by atoms with van der Waals surface area (Å²) < 4.78 is 22.8. The first-order valence-electron chi connectivity index (χ1n) is 5.49. The molecule has 0 bridgehead atoms. The molecule has 0 spiro atoms. The summed E-state index contributed by atoms with van der Waals surface area (Å²) in [6, 6.07) is 0. The van der Waals surface area contributed by atoms with E-state index in [4.69, 9.17) is 0 Å². The lowest BCUT2D eigenvalue weighted by Gasteiger charge is -2.02. The van der Waals surface area contributed by atoms with E-state index in [1.165, 1.54) is 0 Å². The second-order valence-electron chi connectivity index (χ2n) is 4.69. The van der Waals surface area contributed by atoms with Crippen molar-refractivity contribution >= 4 is 17.9 Å². The summed E-state index contributed by atoms with van der Waals surface area (Å²) in [5.41, 5.74) is 3.02. The van der Waals surface area contributed by atoms with E-state index in [0.29, 0.717) is 6.42 Å². The van der Waals surface area contributed by atoms with E-state index < -0.39 is 17.9 Å². The highest BCUT2D eigenvalue weighted by molar-refractivity contribution is 7.96. The van der Waals surface area contributed by atoms with Crippen molar-refractivity contribution in [3.8, 4) is 22.6 Å². The molecule has 0 radical (unpaired) electrons. The maximum atomic E-state index is 11.4. The average molecular weight is 256 g/mol. The lowest BCUT2D eigenvalue weighted by atomic mass is 10.3. The van der Waals surface area contributed by atoms with E-state index in [9.17, 15) is 8.42 Å². The summed E-state index contributed by atoms with van der Waals surface area (Å²) in [6.07, 6.45) is 2.63. The maximum absolute atomic E-state index is 11.4. The Balaban J connectivity index is 4.34. The van der Waals surface area contributed by atoms with Gasteiger partial charge >= 0.3 is 0 Å². The molecule has 0 saturated heterocycles. The van der Waals surface area contributed by atoms with Crippen LogP contribution in [0.1, 0.15) is 26.2 Å². The van der Waals surface area contributed by atoms with E-state index >= 15 is 0 Å². The van der Waals surface area contributed by atoms with Crippen LogP contribution in [-0.4, -0.2) is 22.2 Å². The minimum absolute atomic E-state index is 0.129. The van der Waals surface area contributed by atoms with Crippen molar-refractivity contribution in [2.75, 3.05) is 5.75 Å². The average Bonchev–Trinajstić information content (AvgIpc) is 2.10. The summed E-state index contributed by atoms with van der Waals surface area (Å²) in [4.78, 5) is 0. The minimum atomic E-state index is -3.30. The standard InChI is InChI=1S/C12H20O2SSi/c1-5-6-7-8-10-15(13,14)11-9-12-16(2,3)4/h5-7,11H2,1-4H3. The Morgan fingerprint density at radius 2 is 1.75 bits per heavy atom. The van der Waals surface area contributed by atoms with Gasteiger partial charge in [0.15, 0.2) is 0 Å². The molecule has 0 saturated carbocycles. The SMILES string of the molecule is CCCCC#CS(=O)(=O)CC#C[Si](C)(C)C. The molecule has 0 unspecified atom stereocenters. The first kappa shape index (κ1) is 15.3. The van der Waals surface area contributed by atoms with E-state index in [1.807, 2.05) is 0 Å². The predicted molar refractivity (Wildman–Crippen MR) is 72.2 cm³/mol. The minimum Gasteiger partial charge on any atom is -0.214 e. The maximum Gasteiger partial charge on any atom is 0.227 e. The fourth-order valence-corrected chi connectivity index (χ4v) is 2.26. The third-order valence-corrected chi connectivity index (χ3v) is 3.52. The van der Waals surface area contributed by atoms with Crippen LogP contribution >= 0.6 is 0 Å². The summed E-state index contributed by atoms with van der Waals surface area (Å²) in [5.74, 6) is 5.28. The number of unbranched alkanes of at least 4 members (excludes halogenated alkanes) is 2. The van der Waals surface area contributed by atoms with Crippen LogP contribution in [0.25, 0.3) is 0 Å². The third kappa shape index (κ3) is 9.83. The predicted octanol–water partition coefficient (Wildman–Crippen LogP) is 2.43. The Bertz CT molecular complexity index is 422. The molecule has 16 heavy (non-hydrogen) atoms. The molecule has 0 fully saturated rings. The van der Waals surface area contributed by atoms with Crippen LogP contribution in [0.15, 0.2) is 0 Å². The van der Waals surface area contributed by atoms with E-state index in [-0.39, 0.29) is 5.75 Å². The number of hydrogen-bond donors (Lipinski definition) is 0. The summed E-state index contributed by atoms with van der Waals surface area (Å²) in [5, 5.41) is 2.32. The molecule has 2 nitrogen and oxygen atoms in total. The first-order valence-corrected chi connectivity index (χ1v) is 10.6. The summed E-state index contributed by atoms with van der Waals surface area (Å²) >= 11 is 0. The Kier molecular flexibility index (Phi) is 6.48. The molecule has 4 heteroatoms. The highest BCUT2D eigenvalue weighted by atomic mass is 32.2. The van der Waals surface area contributed by atoms with Gasteiger partial charge in [-0.2, -0.15) is 0 Å². The Morgan fingerprint density at radius 3 is 2.25 bits per heavy atom. The van der Waals surface area contributed by atoms with Crippen LogP contribution in [-0.2, 0) is 9.84 Å². The second kappa shape index (κ2) is 6.78. The van der Waals surface area contributed by atoms with Crippen LogP contribution in [0.2, 0.25) is 19.6 Å². The zero-order valence-electron chi connectivity index (χ0n) is 10.6. The zero-order chi connectivity index (χ0) is 12.7. The topological polar surface area (TPSA) is 34.1 Å². The molecule has 0 aromatic heterocycles. The van der Waals surface area contributed by atoms with Crippen LogP contribution in [0.5, 0.6) is 0 Å². The molecule has 0 atom stereocenters. The molecular weight excluding hydrogens is 236 g/mol. The van der Waals surface area contributed by atoms with Crippen molar-refractivity contribution in [3.05, 3.63) is 0 Å². The van der Waals surface area contributed by atoms with Gasteiger partial charge in [0.2, 0.25) is 9.84 Å². The molecule has 0 aliphatic rings. The van der Waals surface area contributed by atoms with Gasteiger partial charge in [-0.25, -0.2) is 8.42 Å². The van der Waals surface area contributed by atoms with Crippen LogP contribution in [0.4, 0.5) is 0 Å². The van der Waals surface area contributed by atoms with Crippen molar-refractivity contribution in [1.82, 2.24) is 0 Å². The quantitative estimate of drug-likeness (QED) is 0.336. The summed E-state index contributed by atoms with van der Waals surface area (Å²) in [6.45, 7) is 8.30. The van der Waals surface area contributed by atoms with E-state index in [2.05, 4.69) is 49.2 Å². The van der Waals surface area contributed by atoms with E-state index in [0.717, 1.165) is 12.8 Å². The highest BCUT2D eigenvalue weighted by Gasteiger charge is 2.08. The summed E-state index contributed by atoms with van der Waals surface area (Å²) in [7, 11) is -4.77. The fourth-order valence-electron chi connectivity index (χ4n) is 0.858. The van der Waals surface area contributed by atoms with Gasteiger partial charge in [-0.3, -0.25) is 0 Å². The van der Waals surface area contributed by atoms with Crippen molar-refractivity contribution in [3.63, 3.8) is 0 Å². The van der Waals surface area contributed by atoms with Crippen molar-refractivity contribution < 1.29 is 8.42 Å². The smallest absolute Gasteiger partial charge is 0.214 e.